The molecule has 0 bridgehead atoms. The number of hydrogen-bond acceptors (Lipinski definition) is 6. The molecule has 1 aliphatic heterocycles. The molecule has 0 aliphatic carbocycles. The average Bonchev–Trinajstić information content (AvgIpc) is 3.29. The van der Waals surface area contributed by atoms with Gasteiger partial charge in [-0.2, -0.15) is 10.4 Å². The van der Waals surface area contributed by atoms with Crippen LogP contribution in [0.3, 0.4) is 0 Å². The van der Waals surface area contributed by atoms with Crippen LogP contribution in [-0.4, -0.2) is 51.1 Å². The Kier molecular flexibility index (Phi) is 5.76. The second-order valence-corrected chi connectivity index (χ2v) is 8.70. The Morgan fingerprint density at radius 3 is 2.55 bits per heavy atom. The molecule has 166 valence electrons. The predicted octanol–water partition coefficient (Wildman–Crippen LogP) is 4.00. The first-order chi connectivity index (χ1) is 16.1. The van der Waals surface area contributed by atoms with Crippen LogP contribution in [0.2, 0.25) is 0 Å². The molecule has 33 heavy (non-hydrogen) atoms. The lowest BCUT2D eigenvalue weighted by molar-refractivity contribution is 0.200. The number of nitrogens with zero attached hydrogens (tertiary/aromatic N) is 7. The van der Waals surface area contributed by atoms with Crippen molar-refractivity contribution in [3.63, 3.8) is 0 Å². The summed E-state index contributed by atoms with van der Waals surface area (Å²) < 4.78 is 1.84. The highest BCUT2D eigenvalue weighted by Crippen LogP contribution is 2.32. The SMILES string of the molecule is CN(Cc1cccc(C#N)c1)C1CCN(c2nnc(-c3ccnn3C)c3ccccc23)CC1. The molecule has 0 N–H and O–H groups in total. The van der Waals surface area contributed by atoms with Gasteiger partial charge < -0.3 is 4.90 Å². The highest BCUT2D eigenvalue weighted by atomic mass is 15.3. The fourth-order valence-electron chi connectivity index (χ4n) is 4.79. The zero-order chi connectivity index (χ0) is 22.8. The number of rotatable bonds is 5. The topological polar surface area (TPSA) is 73.9 Å². The Morgan fingerprint density at radius 2 is 1.82 bits per heavy atom. The van der Waals surface area contributed by atoms with Gasteiger partial charge in [-0.25, -0.2) is 0 Å². The number of hydrogen-bond donors (Lipinski definition) is 0. The molecule has 4 aromatic rings. The van der Waals surface area contributed by atoms with Crippen molar-refractivity contribution in [2.75, 3.05) is 25.0 Å². The Labute approximate surface area is 193 Å². The number of anilines is 1. The molecule has 7 heteroatoms. The lowest BCUT2D eigenvalue weighted by atomic mass is 10.0. The van der Waals surface area contributed by atoms with Gasteiger partial charge in [-0.05, 0) is 43.7 Å². The monoisotopic (exact) mass is 437 g/mol. The fraction of sp³-hybridized carbons (Fsp3) is 0.308. The number of aryl methyl sites for hydroxylation is 1. The quantitative estimate of drug-likeness (QED) is 0.470. The second kappa shape index (κ2) is 9.00. The number of benzene rings is 2. The number of fused-ring (bicyclic) bond motifs is 1. The molecular weight excluding hydrogens is 410 g/mol. The highest BCUT2D eigenvalue weighted by molar-refractivity contribution is 5.99. The van der Waals surface area contributed by atoms with E-state index in [9.17, 15) is 0 Å². The van der Waals surface area contributed by atoms with Crippen LogP contribution in [0.15, 0.2) is 60.8 Å². The summed E-state index contributed by atoms with van der Waals surface area (Å²) in [5.41, 5.74) is 3.73. The standard InChI is InChI=1S/C26H27N7/c1-31(18-20-7-5-6-19(16-20)17-27)21-11-14-33(15-12-21)26-23-9-4-3-8-22(23)25(29-30-26)24-10-13-28-32(24)2/h3-10,13,16,21H,11-12,14-15,18H2,1-2H3. The van der Waals surface area contributed by atoms with Crippen molar-refractivity contribution in [2.24, 2.45) is 7.05 Å². The Morgan fingerprint density at radius 1 is 1.03 bits per heavy atom. The van der Waals surface area contributed by atoms with Crippen molar-refractivity contribution in [1.29, 1.82) is 5.26 Å². The molecule has 0 radical (unpaired) electrons. The molecule has 7 nitrogen and oxygen atoms in total. The van der Waals surface area contributed by atoms with Gasteiger partial charge in [-0.1, -0.05) is 36.4 Å². The molecule has 0 spiro atoms. The molecule has 1 aliphatic rings. The fourth-order valence-corrected chi connectivity index (χ4v) is 4.79. The summed E-state index contributed by atoms with van der Waals surface area (Å²) in [6.45, 7) is 2.73. The van der Waals surface area contributed by atoms with E-state index in [1.54, 1.807) is 6.20 Å². The van der Waals surface area contributed by atoms with Crippen LogP contribution in [-0.2, 0) is 13.6 Å². The van der Waals surface area contributed by atoms with Crippen LogP contribution >= 0.6 is 0 Å². The molecule has 3 heterocycles. The zero-order valence-electron chi connectivity index (χ0n) is 19.0. The third-order valence-corrected chi connectivity index (χ3v) is 6.61. The van der Waals surface area contributed by atoms with Gasteiger partial charge in [0.2, 0.25) is 0 Å². The summed E-state index contributed by atoms with van der Waals surface area (Å²) in [6.07, 6.45) is 3.92. The van der Waals surface area contributed by atoms with Crippen LogP contribution in [0.5, 0.6) is 0 Å². The van der Waals surface area contributed by atoms with E-state index in [-0.39, 0.29) is 0 Å². The van der Waals surface area contributed by atoms with Gasteiger partial charge >= 0.3 is 0 Å². The first-order valence-electron chi connectivity index (χ1n) is 11.3. The summed E-state index contributed by atoms with van der Waals surface area (Å²) >= 11 is 0. The maximum absolute atomic E-state index is 9.16. The molecule has 5 rings (SSSR count). The summed E-state index contributed by atoms with van der Waals surface area (Å²) in [4.78, 5) is 4.77. The molecule has 2 aromatic carbocycles. The van der Waals surface area contributed by atoms with E-state index in [0.717, 1.165) is 66.0 Å². The maximum atomic E-state index is 9.16. The van der Waals surface area contributed by atoms with E-state index in [1.807, 2.05) is 36.0 Å². The van der Waals surface area contributed by atoms with Crippen molar-refractivity contribution in [1.82, 2.24) is 24.9 Å². The van der Waals surface area contributed by atoms with Crippen LogP contribution < -0.4 is 4.90 Å². The number of piperidine rings is 1. The van der Waals surface area contributed by atoms with E-state index >= 15 is 0 Å². The molecule has 0 saturated carbocycles. The minimum Gasteiger partial charge on any atom is -0.354 e. The first kappa shape index (κ1) is 21.1. The van der Waals surface area contributed by atoms with Crippen molar-refractivity contribution in [3.8, 4) is 17.5 Å². The van der Waals surface area contributed by atoms with Crippen LogP contribution in [0, 0.1) is 11.3 Å². The van der Waals surface area contributed by atoms with Gasteiger partial charge in [0.1, 0.15) is 5.69 Å². The number of aromatic nitrogens is 4. The Bertz CT molecular complexity index is 1310. The van der Waals surface area contributed by atoms with Gasteiger partial charge in [-0.15, -0.1) is 10.2 Å². The maximum Gasteiger partial charge on any atom is 0.159 e. The summed E-state index contributed by atoms with van der Waals surface area (Å²) in [6, 6.07) is 21.0. The average molecular weight is 438 g/mol. The van der Waals surface area contributed by atoms with Crippen molar-refractivity contribution < 1.29 is 0 Å². The second-order valence-electron chi connectivity index (χ2n) is 8.70. The van der Waals surface area contributed by atoms with Gasteiger partial charge in [0.25, 0.3) is 0 Å². The first-order valence-corrected chi connectivity index (χ1v) is 11.3. The van der Waals surface area contributed by atoms with Gasteiger partial charge in [0.15, 0.2) is 5.82 Å². The Balaban J connectivity index is 1.33. The lowest BCUT2D eigenvalue weighted by Crippen LogP contribution is -2.43. The summed E-state index contributed by atoms with van der Waals surface area (Å²) in [5.74, 6) is 0.958. The van der Waals surface area contributed by atoms with Gasteiger partial charge in [-0.3, -0.25) is 9.58 Å². The molecule has 2 aromatic heterocycles. The van der Waals surface area contributed by atoms with E-state index in [2.05, 4.69) is 68.5 Å². The lowest BCUT2D eigenvalue weighted by Gasteiger charge is -2.37. The minimum atomic E-state index is 0.500. The van der Waals surface area contributed by atoms with E-state index < -0.39 is 0 Å². The van der Waals surface area contributed by atoms with E-state index in [1.165, 1.54) is 5.56 Å². The molecule has 0 atom stereocenters. The van der Waals surface area contributed by atoms with Crippen LogP contribution in [0.1, 0.15) is 24.0 Å². The summed E-state index contributed by atoms with van der Waals surface area (Å²) in [7, 11) is 4.11. The Hall–Kier alpha value is -3.76. The third-order valence-electron chi connectivity index (χ3n) is 6.61. The zero-order valence-corrected chi connectivity index (χ0v) is 19.0. The van der Waals surface area contributed by atoms with Gasteiger partial charge in [0.05, 0.1) is 17.3 Å². The normalized spacial score (nSPS) is 14.7. The van der Waals surface area contributed by atoms with Crippen LogP contribution in [0.4, 0.5) is 5.82 Å². The number of nitriles is 1. The highest BCUT2D eigenvalue weighted by Gasteiger charge is 2.25. The summed E-state index contributed by atoms with van der Waals surface area (Å²) in [5, 5.41) is 25.0. The molecule has 0 amide bonds. The molecule has 1 fully saturated rings. The van der Waals surface area contributed by atoms with Crippen molar-refractivity contribution >= 4 is 16.6 Å². The molecular formula is C26H27N7. The molecule has 0 unspecified atom stereocenters. The van der Waals surface area contributed by atoms with Gasteiger partial charge in [0, 0.05) is 49.7 Å². The van der Waals surface area contributed by atoms with Crippen molar-refractivity contribution in [2.45, 2.75) is 25.4 Å². The van der Waals surface area contributed by atoms with Crippen LogP contribution in [0.25, 0.3) is 22.2 Å². The molecule has 1 saturated heterocycles. The van der Waals surface area contributed by atoms with E-state index in [4.69, 9.17) is 5.26 Å². The third kappa shape index (κ3) is 4.18. The largest absolute Gasteiger partial charge is 0.354 e. The van der Waals surface area contributed by atoms with E-state index in [0.29, 0.717) is 6.04 Å². The predicted molar refractivity (Wildman–Crippen MR) is 130 cm³/mol. The van der Waals surface area contributed by atoms with Crippen molar-refractivity contribution in [3.05, 3.63) is 71.9 Å². The smallest absolute Gasteiger partial charge is 0.159 e. The minimum absolute atomic E-state index is 0.500.